The van der Waals surface area contributed by atoms with Crippen LogP contribution in [0.2, 0.25) is 0 Å². The highest BCUT2D eigenvalue weighted by atomic mass is 16.2. The highest BCUT2D eigenvalue weighted by Crippen LogP contribution is 2.23. The average Bonchev–Trinajstić information content (AvgIpc) is 2.96. The van der Waals surface area contributed by atoms with Crippen molar-refractivity contribution >= 4 is 17.4 Å². The van der Waals surface area contributed by atoms with Crippen molar-refractivity contribution in [1.82, 2.24) is 19.7 Å². The van der Waals surface area contributed by atoms with Crippen molar-refractivity contribution < 1.29 is 4.79 Å². The Kier molecular flexibility index (Phi) is 5.81. The van der Waals surface area contributed by atoms with Crippen molar-refractivity contribution in [2.75, 3.05) is 10.6 Å². The number of nitrogens with zero attached hydrogens (tertiary/aromatic N) is 3. The third kappa shape index (κ3) is 4.53. The van der Waals surface area contributed by atoms with Crippen molar-refractivity contribution in [3.05, 3.63) is 57.8 Å². The van der Waals surface area contributed by atoms with Gasteiger partial charge in [-0.2, -0.15) is 5.10 Å². The molecular weight excluding hydrogens is 368 g/mol. The standard InChI is InChI=1S/C21H26N6O2/c1-6-16-11-18(28)24-20(22-16)15-8-7-9-17(10-15)23-21(29)25-19-13(4)26-27(12(2)3)14(19)5/h7-12H,6H2,1-5H3,(H,22,24,28)(H2,23,25,29). The molecule has 0 aliphatic carbocycles. The molecule has 0 saturated heterocycles. The first-order valence-corrected chi connectivity index (χ1v) is 9.62. The van der Waals surface area contributed by atoms with E-state index in [1.165, 1.54) is 6.07 Å². The van der Waals surface area contributed by atoms with Crippen LogP contribution in [-0.2, 0) is 6.42 Å². The first-order valence-electron chi connectivity index (χ1n) is 9.62. The molecule has 0 aliphatic rings. The first kappa shape index (κ1) is 20.3. The number of amides is 2. The van der Waals surface area contributed by atoms with Gasteiger partial charge in [-0.05, 0) is 46.2 Å². The Morgan fingerprint density at radius 1 is 1.21 bits per heavy atom. The molecular formula is C21H26N6O2. The smallest absolute Gasteiger partial charge is 0.308 e. The summed E-state index contributed by atoms with van der Waals surface area (Å²) in [6, 6.07) is 8.52. The number of urea groups is 1. The maximum atomic E-state index is 12.5. The van der Waals surface area contributed by atoms with E-state index in [0.29, 0.717) is 29.3 Å². The lowest BCUT2D eigenvalue weighted by Crippen LogP contribution is -2.20. The third-order valence-electron chi connectivity index (χ3n) is 4.60. The maximum absolute atomic E-state index is 12.5. The summed E-state index contributed by atoms with van der Waals surface area (Å²) in [5.41, 5.74) is 4.20. The molecule has 3 aromatic rings. The van der Waals surface area contributed by atoms with Gasteiger partial charge in [0.25, 0.3) is 5.56 Å². The number of carbonyl (C=O) groups excluding carboxylic acids is 1. The number of nitrogens with one attached hydrogen (secondary N) is 3. The topological polar surface area (TPSA) is 105 Å². The fraction of sp³-hybridized carbons (Fsp3) is 0.333. The van der Waals surface area contributed by atoms with Crippen LogP contribution in [-0.4, -0.2) is 25.8 Å². The van der Waals surface area contributed by atoms with Crippen LogP contribution in [0.25, 0.3) is 11.4 Å². The van der Waals surface area contributed by atoms with Gasteiger partial charge in [-0.3, -0.25) is 9.48 Å². The lowest BCUT2D eigenvalue weighted by Gasteiger charge is -2.11. The van der Waals surface area contributed by atoms with Gasteiger partial charge in [0, 0.05) is 29.1 Å². The number of H-pyrrole nitrogens is 1. The predicted molar refractivity (Wildman–Crippen MR) is 114 cm³/mol. The molecule has 8 heteroatoms. The summed E-state index contributed by atoms with van der Waals surface area (Å²) in [6.07, 6.45) is 0.667. The summed E-state index contributed by atoms with van der Waals surface area (Å²) in [5, 5.41) is 10.2. The van der Waals surface area contributed by atoms with Gasteiger partial charge in [0.05, 0.1) is 17.1 Å². The monoisotopic (exact) mass is 394 g/mol. The lowest BCUT2D eigenvalue weighted by molar-refractivity contribution is 0.262. The second-order valence-corrected chi connectivity index (χ2v) is 7.18. The van der Waals surface area contributed by atoms with E-state index >= 15 is 0 Å². The Balaban J connectivity index is 1.80. The zero-order chi connectivity index (χ0) is 21.1. The molecule has 0 atom stereocenters. The van der Waals surface area contributed by atoms with Crippen LogP contribution >= 0.6 is 0 Å². The molecule has 0 aliphatic heterocycles. The Labute approximate surface area is 169 Å². The summed E-state index contributed by atoms with van der Waals surface area (Å²) in [4.78, 5) is 31.6. The van der Waals surface area contributed by atoms with Crippen LogP contribution in [0.1, 0.15) is 43.9 Å². The van der Waals surface area contributed by atoms with Gasteiger partial charge < -0.3 is 15.6 Å². The zero-order valence-corrected chi connectivity index (χ0v) is 17.3. The predicted octanol–water partition coefficient (Wildman–Crippen LogP) is 4.04. The second-order valence-electron chi connectivity index (χ2n) is 7.18. The van der Waals surface area contributed by atoms with E-state index in [9.17, 15) is 9.59 Å². The number of aromatic nitrogens is 4. The van der Waals surface area contributed by atoms with Crippen LogP contribution in [0.15, 0.2) is 35.1 Å². The fourth-order valence-corrected chi connectivity index (χ4v) is 3.19. The van der Waals surface area contributed by atoms with Crippen LogP contribution in [0.4, 0.5) is 16.2 Å². The molecule has 2 heterocycles. The Morgan fingerprint density at radius 2 is 1.97 bits per heavy atom. The minimum atomic E-state index is -0.361. The number of hydrogen-bond donors (Lipinski definition) is 3. The number of aryl methyl sites for hydroxylation is 2. The van der Waals surface area contributed by atoms with Crippen LogP contribution in [0.3, 0.4) is 0 Å². The molecule has 0 unspecified atom stereocenters. The summed E-state index contributed by atoms with van der Waals surface area (Å²) in [5.74, 6) is 0.475. The molecule has 8 nitrogen and oxygen atoms in total. The summed E-state index contributed by atoms with van der Waals surface area (Å²) in [7, 11) is 0. The van der Waals surface area contributed by atoms with Crippen LogP contribution < -0.4 is 16.2 Å². The molecule has 2 aromatic heterocycles. The van der Waals surface area contributed by atoms with E-state index < -0.39 is 0 Å². The molecule has 152 valence electrons. The van der Waals surface area contributed by atoms with Gasteiger partial charge >= 0.3 is 6.03 Å². The Bertz CT molecular complexity index is 1100. The largest absolute Gasteiger partial charge is 0.323 e. The van der Waals surface area contributed by atoms with Crippen molar-refractivity contribution in [3.63, 3.8) is 0 Å². The van der Waals surface area contributed by atoms with Gasteiger partial charge in [0.1, 0.15) is 5.82 Å². The highest BCUT2D eigenvalue weighted by Gasteiger charge is 2.16. The van der Waals surface area contributed by atoms with E-state index in [1.807, 2.05) is 45.4 Å². The number of benzene rings is 1. The summed E-state index contributed by atoms with van der Waals surface area (Å²) < 4.78 is 1.88. The number of anilines is 2. The minimum absolute atomic E-state index is 0.198. The van der Waals surface area contributed by atoms with Crippen LogP contribution in [0, 0.1) is 13.8 Å². The Hall–Kier alpha value is -3.42. The molecule has 3 N–H and O–H groups in total. The molecule has 1 aromatic carbocycles. The first-order chi connectivity index (χ1) is 13.8. The van der Waals surface area contributed by atoms with E-state index in [1.54, 1.807) is 18.2 Å². The summed E-state index contributed by atoms with van der Waals surface area (Å²) >= 11 is 0. The number of carbonyl (C=O) groups is 1. The van der Waals surface area contributed by atoms with Crippen molar-refractivity contribution in [2.24, 2.45) is 0 Å². The quantitative estimate of drug-likeness (QED) is 0.607. The number of rotatable bonds is 5. The van der Waals surface area contributed by atoms with Gasteiger partial charge in [-0.15, -0.1) is 0 Å². The molecule has 0 saturated carbocycles. The van der Waals surface area contributed by atoms with E-state index in [4.69, 9.17) is 0 Å². The normalized spacial score (nSPS) is 11.0. The lowest BCUT2D eigenvalue weighted by atomic mass is 10.2. The molecule has 0 radical (unpaired) electrons. The third-order valence-corrected chi connectivity index (χ3v) is 4.60. The number of hydrogen-bond acceptors (Lipinski definition) is 4. The minimum Gasteiger partial charge on any atom is -0.308 e. The molecule has 0 spiro atoms. The fourth-order valence-electron chi connectivity index (χ4n) is 3.19. The van der Waals surface area contributed by atoms with E-state index in [2.05, 4.69) is 25.7 Å². The van der Waals surface area contributed by atoms with Crippen molar-refractivity contribution in [3.8, 4) is 11.4 Å². The van der Waals surface area contributed by atoms with Gasteiger partial charge in [-0.25, -0.2) is 9.78 Å². The molecule has 0 bridgehead atoms. The van der Waals surface area contributed by atoms with Gasteiger partial charge in [0.15, 0.2) is 0 Å². The Morgan fingerprint density at radius 3 is 2.62 bits per heavy atom. The van der Waals surface area contributed by atoms with Crippen LogP contribution in [0.5, 0.6) is 0 Å². The zero-order valence-electron chi connectivity index (χ0n) is 17.3. The molecule has 3 rings (SSSR count). The van der Waals surface area contributed by atoms with Crippen molar-refractivity contribution in [2.45, 2.75) is 47.1 Å². The summed E-state index contributed by atoms with van der Waals surface area (Å²) in [6.45, 7) is 9.82. The average molecular weight is 394 g/mol. The second kappa shape index (κ2) is 8.30. The highest BCUT2D eigenvalue weighted by molar-refractivity contribution is 6.00. The molecule has 2 amide bonds. The van der Waals surface area contributed by atoms with Gasteiger partial charge in [0.2, 0.25) is 0 Å². The number of aromatic amines is 1. The van der Waals surface area contributed by atoms with Crippen molar-refractivity contribution in [1.29, 1.82) is 0 Å². The molecule has 29 heavy (non-hydrogen) atoms. The van der Waals surface area contributed by atoms with E-state index in [-0.39, 0.29) is 17.6 Å². The van der Waals surface area contributed by atoms with E-state index in [0.717, 1.165) is 17.0 Å². The van der Waals surface area contributed by atoms with Gasteiger partial charge in [-0.1, -0.05) is 19.1 Å². The maximum Gasteiger partial charge on any atom is 0.323 e. The SMILES string of the molecule is CCc1cc(=O)[nH]c(-c2cccc(NC(=O)Nc3c(C)nn(C(C)C)c3C)c2)n1. The molecule has 0 fully saturated rings.